The number of anilines is 1. The van der Waals surface area contributed by atoms with E-state index in [-0.39, 0.29) is 12.5 Å². The van der Waals surface area contributed by atoms with Gasteiger partial charge in [-0.1, -0.05) is 10.3 Å². The molecule has 21 heavy (non-hydrogen) atoms. The third-order valence-corrected chi connectivity index (χ3v) is 2.92. The molecule has 8 nitrogen and oxygen atoms in total. The Hall–Kier alpha value is -2.73. The van der Waals surface area contributed by atoms with Crippen LogP contribution in [0.1, 0.15) is 16.8 Å². The van der Waals surface area contributed by atoms with Crippen molar-refractivity contribution >= 4 is 17.4 Å². The SMILES string of the molecule is COC(=O)c1ccc(N(C)CC/C(CN=[N+]=[N-])=N\O)cc1. The summed E-state index contributed by atoms with van der Waals surface area (Å²) in [6, 6.07) is 6.96. The lowest BCUT2D eigenvalue weighted by Gasteiger charge is -2.19. The summed E-state index contributed by atoms with van der Waals surface area (Å²) >= 11 is 0. The average Bonchev–Trinajstić information content (AvgIpc) is 2.54. The van der Waals surface area contributed by atoms with Gasteiger partial charge in [0.15, 0.2) is 0 Å². The fraction of sp³-hybridized carbons (Fsp3) is 0.385. The second-order valence-corrected chi connectivity index (χ2v) is 4.27. The maximum atomic E-state index is 11.3. The Morgan fingerprint density at radius 3 is 2.62 bits per heavy atom. The first-order valence-corrected chi connectivity index (χ1v) is 6.22. The minimum absolute atomic E-state index is 0.0438. The highest BCUT2D eigenvalue weighted by Gasteiger charge is 2.07. The molecule has 0 amide bonds. The zero-order chi connectivity index (χ0) is 15.7. The van der Waals surface area contributed by atoms with Crippen molar-refractivity contribution in [3.05, 3.63) is 40.3 Å². The molecule has 0 aliphatic rings. The monoisotopic (exact) mass is 291 g/mol. The molecule has 0 atom stereocenters. The Morgan fingerprint density at radius 2 is 2.10 bits per heavy atom. The number of ether oxygens (including phenoxy) is 1. The number of rotatable bonds is 7. The molecule has 0 unspecified atom stereocenters. The van der Waals surface area contributed by atoms with Crippen molar-refractivity contribution in [1.82, 2.24) is 0 Å². The van der Waals surface area contributed by atoms with Crippen molar-refractivity contribution in [1.29, 1.82) is 0 Å². The van der Waals surface area contributed by atoms with Gasteiger partial charge in [0, 0.05) is 30.6 Å². The lowest BCUT2D eigenvalue weighted by Crippen LogP contribution is -2.22. The van der Waals surface area contributed by atoms with E-state index in [2.05, 4.69) is 19.9 Å². The summed E-state index contributed by atoms with van der Waals surface area (Å²) in [6.45, 7) is 0.625. The summed E-state index contributed by atoms with van der Waals surface area (Å²) in [4.78, 5) is 15.9. The van der Waals surface area contributed by atoms with Crippen LogP contribution in [0.5, 0.6) is 0 Å². The Balaban J connectivity index is 2.61. The van der Waals surface area contributed by atoms with Crippen molar-refractivity contribution < 1.29 is 14.7 Å². The lowest BCUT2D eigenvalue weighted by atomic mass is 10.2. The summed E-state index contributed by atoms with van der Waals surface area (Å²) < 4.78 is 4.63. The smallest absolute Gasteiger partial charge is 0.337 e. The highest BCUT2D eigenvalue weighted by Crippen LogP contribution is 2.14. The van der Waals surface area contributed by atoms with E-state index in [1.165, 1.54) is 7.11 Å². The molecule has 1 aromatic carbocycles. The largest absolute Gasteiger partial charge is 0.465 e. The number of carbonyl (C=O) groups excluding carboxylic acids is 1. The van der Waals surface area contributed by atoms with Crippen LogP contribution in [0.3, 0.4) is 0 Å². The molecule has 0 saturated carbocycles. The number of nitrogens with zero attached hydrogens (tertiary/aromatic N) is 5. The van der Waals surface area contributed by atoms with Gasteiger partial charge in [0.1, 0.15) is 0 Å². The number of hydrogen-bond acceptors (Lipinski definition) is 6. The van der Waals surface area contributed by atoms with Gasteiger partial charge in [-0.15, -0.1) is 0 Å². The highest BCUT2D eigenvalue weighted by atomic mass is 16.5. The van der Waals surface area contributed by atoms with Crippen molar-refractivity contribution in [2.24, 2.45) is 10.3 Å². The molecule has 0 aliphatic heterocycles. The van der Waals surface area contributed by atoms with E-state index in [0.717, 1.165) is 5.69 Å². The van der Waals surface area contributed by atoms with Gasteiger partial charge in [0.25, 0.3) is 0 Å². The first-order valence-electron chi connectivity index (χ1n) is 6.22. The van der Waals surface area contributed by atoms with E-state index in [1.807, 2.05) is 11.9 Å². The highest BCUT2D eigenvalue weighted by molar-refractivity contribution is 5.89. The van der Waals surface area contributed by atoms with E-state index >= 15 is 0 Å². The topological polar surface area (TPSA) is 111 Å². The quantitative estimate of drug-likeness (QED) is 0.158. The second-order valence-electron chi connectivity index (χ2n) is 4.27. The maximum absolute atomic E-state index is 11.3. The molecular weight excluding hydrogens is 274 g/mol. The minimum Gasteiger partial charge on any atom is -0.465 e. The standard InChI is InChI=1S/C13H17N5O3/c1-18(8-7-11(16-20)9-15-17-14)12-5-3-10(4-6-12)13(19)21-2/h3-6,20H,7-9H2,1-2H3/b16-11+. The van der Waals surface area contributed by atoms with E-state index in [0.29, 0.717) is 24.2 Å². The van der Waals surface area contributed by atoms with Gasteiger partial charge in [0.05, 0.1) is 24.9 Å². The van der Waals surface area contributed by atoms with E-state index in [1.54, 1.807) is 24.3 Å². The third-order valence-electron chi connectivity index (χ3n) is 2.92. The summed E-state index contributed by atoms with van der Waals surface area (Å²) in [5.41, 5.74) is 10.0. The molecule has 0 aromatic heterocycles. The zero-order valence-corrected chi connectivity index (χ0v) is 11.9. The number of oxime groups is 1. The van der Waals surface area contributed by atoms with Crippen LogP contribution in [0.2, 0.25) is 0 Å². The molecule has 0 radical (unpaired) electrons. The van der Waals surface area contributed by atoms with E-state index in [4.69, 9.17) is 10.7 Å². The predicted molar refractivity (Wildman–Crippen MR) is 78.9 cm³/mol. The fourth-order valence-electron chi connectivity index (χ4n) is 1.67. The fourth-order valence-corrected chi connectivity index (χ4v) is 1.67. The van der Waals surface area contributed by atoms with Crippen LogP contribution in [0.15, 0.2) is 34.5 Å². The molecule has 0 aliphatic carbocycles. The van der Waals surface area contributed by atoms with E-state index < -0.39 is 0 Å². The van der Waals surface area contributed by atoms with Gasteiger partial charge >= 0.3 is 5.97 Å². The summed E-state index contributed by atoms with van der Waals surface area (Å²) in [7, 11) is 3.21. The van der Waals surface area contributed by atoms with Crippen molar-refractivity contribution in [2.45, 2.75) is 6.42 Å². The molecule has 0 saturated heterocycles. The predicted octanol–water partition coefficient (Wildman–Crippen LogP) is 2.44. The number of methoxy groups -OCH3 is 1. The molecule has 8 heteroatoms. The molecular formula is C13H17N5O3. The van der Waals surface area contributed by atoms with E-state index in [9.17, 15) is 4.79 Å². The van der Waals surface area contributed by atoms with Gasteiger partial charge in [0.2, 0.25) is 0 Å². The Morgan fingerprint density at radius 1 is 1.43 bits per heavy atom. The minimum atomic E-state index is -0.381. The van der Waals surface area contributed by atoms with Crippen LogP contribution >= 0.6 is 0 Å². The zero-order valence-electron chi connectivity index (χ0n) is 11.9. The number of azide groups is 1. The van der Waals surface area contributed by atoms with Crippen LogP contribution in [-0.2, 0) is 4.74 Å². The van der Waals surface area contributed by atoms with Crippen molar-refractivity contribution in [3.63, 3.8) is 0 Å². The number of esters is 1. The third kappa shape index (κ3) is 5.04. The molecule has 1 rings (SSSR count). The van der Waals surface area contributed by atoms with Gasteiger partial charge < -0.3 is 14.8 Å². The molecule has 1 N–H and O–H groups in total. The Labute approximate surface area is 122 Å². The normalized spacial score (nSPS) is 10.7. The number of benzene rings is 1. The van der Waals surface area contributed by atoms with Crippen LogP contribution in [0.4, 0.5) is 5.69 Å². The van der Waals surface area contributed by atoms with Gasteiger partial charge in [-0.3, -0.25) is 0 Å². The van der Waals surface area contributed by atoms with Crippen LogP contribution in [-0.4, -0.2) is 44.1 Å². The molecule has 1 aromatic rings. The average molecular weight is 291 g/mol. The molecule has 0 heterocycles. The van der Waals surface area contributed by atoms with Gasteiger partial charge in [-0.05, 0) is 29.8 Å². The number of carbonyl (C=O) groups is 1. The number of hydrogen-bond donors (Lipinski definition) is 1. The second kappa shape index (κ2) is 8.44. The Bertz CT molecular complexity index is 549. The Kier molecular flexibility index (Phi) is 6.56. The molecule has 112 valence electrons. The summed E-state index contributed by atoms with van der Waals surface area (Å²) in [5, 5.41) is 15.3. The van der Waals surface area contributed by atoms with Crippen LogP contribution in [0, 0.1) is 0 Å². The molecule has 0 fully saturated rings. The van der Waals surface area contributed by atoms with Crippen LogP contribution < -0.4 is 4.90 Å². The van der Waals surface area contributed by atoms with Gasteiger partial charge in [-0.2, -0.15) is 0 Å². The van der Waals surface area contributed by atoms with Gasteiger partial charge in [-0.25, -0.2) is 4.79 Å². The van der Waals surface area contributed by atoms with Crippen LogP contribution in [0.25, 0.3) is 10.4 Å². The molecule has 0 spiro atoms. The lowest BCUT2D eigenvalue weighted by molar-refractivity contribution is 0.0601. The van der Waals surface area contributed by atoms with Crippen molar-refractivity contribution in [3.8, 4) is 0 Å². The van der Waals surface area contributed by atoms with Crippen molar-refractivity contribution in [2.75, 3.05) is 32.1 Å². The summed E-state index contributed by atoms with van der Waals surface area (Å²) in [5.74, 6) is -0.381. The first kappa shape index (κ1) is 16.3. The summed E-state index contributed by atoms with van der Waals surface area (Å²) in [6.07, 6.45) is 0.463. The first-order chi connectivity index (χ1) is 10.1. The maximum Gasteiger partial charge on any atom is 0.337 e. The molecule has 0 bridgehead atoms.